The molecule has 0 saturated heterocycles. The summed E-state index contributed by atoms with van der Waals surface area (Å²) in [5.74, 6) is -0.267. The highest BCUT2D eigenvalue weighted by atomic mass is 19.4. The summed E-state index contributed by atoms with van der Waals surface area (Å²) < 4.78 is 46.9. The van der Waals surface area contributed by atoms with Crippen LogP contribution >= 0.6 is 0 Å². The molecule has 0 aliphatic rings. The number of hydrogen-bond donors (Lipinski definition) is 0. The molecule has 1 atom stereocenters. The second-order valence-corrected chi connectivity index (χ2v) is 6.25. The van der Waals surface area contributed by atoms with Crippen molar-refractivity contribution in [2.45, 2.75) is 32.2 Å². The van der Waals surface area contributed by atoms with Gasteiger partial charge >= 0.3 is 6.36 Å². The number of pyridine rings is 1. The molecule has 0 N–H and O–H groups in total. The maximum atomic E-state index is 12.3. The average molecular weight is 403 g/mol. The molecule has 0 amide bonds. The number of alkyl halides is 3. The average Bonchev–Trinajstić information content (AvgIpc) is 2.72. The van der Waals surface area contributed by atoms with Gasteiger partial charge in [-0.15, -0.1) is 13.2 Å². The summed E-state index contributed by atoms with van der Waals surface area (Å²) in [7, 11) is 0. The molecule has 0 fully saturated rings. The van der Waals surface area contributed by atoms with E-state index in [9.17, 15) is 13.2 Å². The van der Waals surface area contributed by atoms with Crippen LogP contribution in [0.5, 0.6) is 5.75 Å². The molecule has 0 saturated carbocycles. The number of ether oxygens (including phenoxy) is 2. The Morgan fingerprint density at radius 2 is 1.52 bits per heavy atom. The van der Waals surface area contributed by atoms with Crippen LogP contribution in [0.4, 0.5) is 13.2 Å². The molecule has 0 aliphatic heterocycles. The van der Waals surface area contributed by atoms with Crippen molar-refractivity contribution < 1.29 is 22.6 Å². The van der Waals surface area contributed by atoms with Gasteiger partial charge in [-0.25, -0.2) is 9.97 Å². The molecule has 0 spiro atoms. The van der Waals surface area contributed by atoms with Gasteiger partial charge in [0.05, 0.1) is 5.69 Å². The highest BCUT2D eigenvalue weighted by Crippen LogP contribution is 2.36. The van der Waals surface area contributed by atoms with Crippen LogP contribution in [-0.4, -0.2) is 27.9 Å². The second kappa shape index (κ2) is 8.57. The molecule has 5 nitrogen and oxygen atoms in total. The van der Waals surface area contributed by atoms with Crippen LogP contribution in [0.1, 0.15) is 31.5 Å². The van der Waals surface area contributed by atoms with E-state index in [0.717, 1.165) is 16.7 Å². The highest BCUT2D eigenvalue weighted by molar-refractivity contribution is 5.63. The van der Waals surface area contributed by atoms with Crippen molar-refractivity contribution in [3.8, 4) is 16.9 Å². The number of rotatable bonds is 7. The third kappa shape index (κ3) is 4.71. The van der Waals surface area contributed by atoms with Crippen LogP contribution in [0.25, 0.3) is 11.1 Å². The van der Waals surface area contributed by atoms with Crippen molar-refractivity contribution in [3.63, 3.8) is 0 Å². The van der Waals surface area contributed by atoms with Gasteiger partial charge in [-0.3, -0.25) is 4.98 Å². The fraction of sp³-hybridized carbons (Fsp3) is 0.286. The van der Waals surface area contributed by atoms with E-state index in [1.807, 2.05) is 26.0 Å². The zero-order valence-electron chi connectivity index (χ0n) is 16.0. The van der Waals surface area contributed by atoms with Crippen molar-refractivity contribution in [1.29, 1.82) is 0 Å². The van der Waals surface area contributed by atoms with Crippen molar-refractivity contribution in [3.05, 3.63) is 72.6 Å². The van der Waals surface area contributed by atoms with E-state index >= 15 is 0 Å². The van der Waals surface area contributed by atoms with Gasteiger partial charge in [0.2, 0.25) is 0 Å². The molecule has 152 valence electrons. The Balaban J connectivity index is 1.90. The minimum Gasteiger partial charge on any atom is -0.406 e. The topological polar surface area (TPSA) is 57.1 Å². The first-order valence-electron chi connectivity index (χ1n) is 9.10. The summed E-state index contributed by atoms with van der Waals surface area (Å²) in [5.41, 5.74) is 2.22. The Hall–Kier alpha value is -3.00. The molecule has 3 aromatic rings. The van der Waals surface area contributed by atoms with E-state index in [0.29, 0.717) is 18.7 Å². The normalized spacial score (nSPS) is 13.7. The van der Waals surface area contributed by atoms with Crippen molar-refractivity contribution in [2.75, 3.05) is 6.61 Å². The van der Waals surface area contributed by atoms with Crippen molar-refractivity contribution >= 4 is 0 Å². The molecule has 3 rings (SSSR count). The molecule has 29 heavy (non-hydrogen) atoms. The predicted octanol–water partition coefficient (Wildman–Crippen LogP) is 5.13. The molecule has 1 aromatic carbocycles. The number of hydrogen-bond acceptors (Lipinski definition) is 5. The van der Waals surface area contributed by atoms with Crippen LogP contribution in [0, 0.1) is 0 Å². The lowest BCUT2D eigenvalue weighted by atomic mass is 9.88. The first kappa shape index (κ1) is 20.7. The molecule has 0 radical (unpaired) electrons. The summed E-state index contributed by atoms with van der Waals surface area (Å²) in [6, 6.07) is 9.36. The number of nitrogens with zero attached hydrogens (tertiary/aromatic N) is 3. The van der Waals surface area contributed by atoms with Crippen LogP contribution in [-0.2, 0) is 10.3 Å². The Morgan fingerprint density at radius 3 is 2.03 bits per heavy atom. The maximum Gasteiger partial charge on any atom is 0.573 e. The SMILES string of the molecule is CCOC(CC)(c1cncnc1)c1ccc(-c2ccc(OC(F)(F)F)cc2)cn1. The molecule has 0 aliphatic carbocycles. The Kier molecular flexibility index (Phi) is 6.12. The van der Waals surface area contributed by atoms with Gasteiger partial charge in [-0.1, -0.05) is 25.1 Å². The van der Waals surface area contributed by atoms with Crippen molar-refractivity contribution in [1.82, 2.24) is 15.0 Å². The van der Waals surface area contributed by atoms with Crippen molar-refractivity contribution in [2.24, 2.45) is 0 Å². The third-order valence-corrected chi connectivity index (χ3v) is 4.51. The van der Waals surface area contributed by atoms with Gasteiger partial charge < -0.3 is 9.47 Å². The van der Waals surface area contributed by atoms with E-state index in [2.05, 4.69) is 19.7 Å². The molecular formula is C21H20F3N3O2. The minimum absolute atomic E-state index is 0.267. The standard InChI is InChI=1S/C21H20F3N3O2/c1-3-20(28-4-2,17-12-25-14-26-13-17)19-10-7-16(11-27-19)15-5-8-18(9-6-15)29-21(22,23)24/h5-14H,3-4H2,1-2H3. The zero-order valence-corrected chi connectivity index (χ0v) is 16.0. The quantitative estimate of drug-likeness (QED) is 0.548. The molecule has 2 aromatic heterocycles. The molecular weight excluding hydrogens is 383 g/mol. The largest absolute Gasteiger partial charge is 0.573 e. The van der Waals surface area contributed by atoms with E-state index in [-0.39, 0.29) is 5.75 Å². The van der Waals surface area contributed by atoms with Gasteiger partial charge in [0.1, 0.15) is 17.7 Å². The first-order valence-corrected chi connectivity index (χ1v) is 9.10. The lowest BCUT2D eigenvalue weighted by Crippen LogP contribution is -2.32. The Labute approximate surface area is 166 Å². The second-order valence-electron chi connectivity index (χ2n) is 6.25. The van der Waals surface area contributed by atoms with Crippen LogP contribution in [0.2, 0.25) is 0 Å². The fourth-order valence-electron chi connectivity index (χ4n) is 3.20. The summed E-state index contributed by atoms with van der Waals surface area (Å²) in [5, 5.41) is 0. The summed E-state index contributed by atoms with van der Waals surface area (Å²) in [6.45, 7) is 4.39. The van der Waals surface area contributed by atoms with Gasteiger partial charge in [0.15, 0.2) is 0 Å². The number of benzene rings is 1. The van der Waals surface area contributed by atoms with Gasteiger partial charge in [-0.05, 0) is 37.1 Å². The lowest BCUT2D eigenvalue weighted by molar-refractivity contribution is -0.274. The maximum absolute atomic E-state index is 12.3. The van der Waals surface area contributed by atoms with Crippen LogP contribution < -0.4 is 4.74 Å². The summed E-state index contributed by atoms with van der Waals surface area (Å²) >= 11 is 0. The van der Waals surface area contributed by atoms with Gasteiger partial charge in [-0.2, -0.15) is 0 Å². The molecule has 0 bridgehead atoms. The van der Waals surface area contributed by atoms with Gasteiger partial charge in [0, 0.05) is 36.3 Å². The highest BCUT2D eigenvalue weighted by Gasteiger charge is 2.35. The van der Waals surface area contributed by atoms with E-state index < -0.39 is 12.0 Å². The number of aromatic nitrogens is 3. The molecule has 1 unspecified atom stereocenters. The van der Waals surface area contributed by atoms with Crippen LogP contribution in [0.3, 0.4) is 0 Å². The Morgan fingerprint density at radius 1 is 0.862 bits per heavy atom. The summed E-state index contributed by atoms with van der Waals surface area (Å²) in [4.78, 5) is 12.8. The minimum atomic E-state index is -4.71. The molecule has 8 heteroatoms. The van der Waals surface area contributed by atoms with Gasteiger partial charge in [0.25, 0.3) is 0 Å². The van der Waals surface area contributed by atoms with E-state index in [1.54, 1.807) is 30.7 Å². The smallest absolute Gasteiger partial charge is 0.406 e. The summed E-state index contributed by atoms with van der Waals surface area (Å²) in [6.07, 6.45) is 2.46. The zero-order chi connectivity index (χ0) is 20.9. The number of halogens is 3. The van der Waals surface area contributed by atoms with Crippen LogP contribution in [0.15, 0.2) is 61.3 Å². The van der Waals surface area contributed by atoms with E-state index in [4.69, 9.17) is 4.74 Å². The molecule has 2 heterocycles. The monoisotopic (exact) mass is 403 g/mol. The van der Waals surface area contributed by atoms with E-state index in [1.165, 1.54) is 18.5 Å². The fourth-order valence-corrected chi connectivity index (χ4v) is 3.20. The lowest BCUT2D eigenvalue weighted by Gasteiger charge is -2.32. The third-order valence-electron chi connectivity index (χ3n) is 4.51. The Bertz CT molecular complexity index is 917. The first-order chi connectivity index (χ1) is 13.9. The predicted molar refractivity (Wildman–Crippen MR) is 101 cm³/mol.